The zero-order valence-electron chi connectivity index (χ0n) is 13.4. The number of carboxylic acid groups (broad SMARTS) is 1. The van der Waals surface area contributed by atoms with Crippen LogP contribution in [0.1, 0.15) is 29.0 Å². The minimum absolute atomic E-state index is 0.0209. The number of amides is 2. The fourth-order valence-corrected chi connectivity index (χ4v) is 2.61. The maximum Gasteiger partial charge on any atom is 0.407 e. The van der Waals surface area contributed by atoms with E-state index in [1.165, 1.54) is 4.90 Å². The summed E-state index contributed by atoms with van der Waals surface area (Å²) in [5.74, 6) is 0.241. The molecule has 2 heterocycles. The lowest BCUT2D eigenvalue weighted by atomic mass is 10.1. The van der Waals surface area contributed by atoms with Crippen LogP contribution >= 0.6 is 0 Å². The number of benzene rings is 1. The van der Waals surface area contributed by atoms with Gasteiger partial charge < -0.3 is 25.0 Å². The molecule has 0 bridgehead atoms. The summed E-state index contributed by atoms with van der Waals surface area (Å²) in [6.07, 6.45) is 0.369. The van der Waals surface area contributed by atoms with E-state index in [0.717, 1.165) is 0 Å². The van der Waals surface area contributed by atoms with E-state index in [2.05, 4.69) is 10.1 Å². The summed E-state index contributed by atoms with van der Waals surface area (Å²) in [6.45, 7) is 1.12. The van der Waals surface area contributed by atoms with Crippen molar-refractivity contribution in [1.29, 1.82) is 0 Å². The van der Waals surface area contributed by atoms with Gasteiger partial charge in [0.05, 0.1) is 6.10 Å². The molecule has 1 aliphatic heterocycles. The SMILES string of the molecule is NC(=O)c1ccc(-c2nc(COC3CCN(C(=O)O)CC3)no2)cc1. The molecule has 132 valence electrons. The van der Waals surface area contributed by atoms with E-state index in [0.29, 0.717) is 48.8 Å². The number of carbonyl (C=O) groups excluding carboxylic acids is 1. The fourth-order valence-electron chi connectivity index (χ4n) is 2.61. The lowest BCUT2D eigenvalue weighted by molar-refractivity contribution is -0.00295. The first-order valence-corrected chi connectivity index (χ1v) is 7.85. The summed E-state index contributed by atoms with van der Waals surface area (Å²) in [5.41, 5.74) is 6.28. The Balaban J connectivity index is 1.54. The van der Waals surface area contributed by atoms with Crippen molar-refractivity contribution in [2.75, 3.05) is 13.1 Å². The first kappa shape index (κ1) is 16.9. The van der Waals surface area contributed by atoms with Gasteiger partial charge in [0.15, 0.2) is 5.82 Å². The number of hydrogen-bond donors (Lipinski definition) is 2. The number of hydrogen-bond acceptors (Lipinski definition) is 6. The second kappa shape index (κ2) is 7.31. The molecule has 0 atom stereocenters. The summed E-state index contributed by atoms with van der Waals surface area (Å²) in [7, 11) is 0. The van der Waals surface area contributed by atoms with Crippen LogP contribution in [0.3, 0.4) is 0 Å². The van der Waals surface area contributed by atoms with Gasteiger partial charge in [0.1, 0.15) is 6.61 Å². The van der Waals surface area contributed by atoms with Crippen molar-refractivity contribution in [3.05, 3.63) is 35.7 Å². The summed E-state index contributed by atoms with van der Waals surface area (Å²) < 4.78 is 10.9. The third-order valence-electron chi connectivity index (χ3n) is 4.05. The minimum atomic E-state index is -0.899. The maximum absolute atomic E-state index is 11.1. The maximum atomic E-state index is 11.1. The lowest BCUT2D eigenvalue weighted by Crippen LogP contribution is -2.40. The molecule has 1 fully saturated rings. The first-order chi connectivity index (χ1) is 12.0. The predicted octanol–water partition coefficient (Wildman–Crippen LogP) is 1.49. The summed E-state index contributed by atoms with van der Waals surface area (Å²) in [4.78, 5) is 27.6. The third-order valence-corrected chi connectivity index (χ3v) is 4.05. The number of ether oxygens (including phenoxy) is 1. The molecule has 0 saturated carbocycles. The molecule has 0 spiro atoms. The molecule has 9 heteroatoms. The van der Waals surface area contributed by atoms with Crippen molar-refractivity contribution < 1.29 is 24.0 Å². The van der Waals surface area contributed by atoms with Crippen molar-refractivity contribution in [2.45, 2.75) is 25.6 Å². The molecular weight excluding hydrogens is 328 g/mol. The van der Waals surface area contributed by atoms with Crippen LogP contribution in [0, 0.1) is 0 Å². The van der Waals surface area contributed by atoms with Crippen LogP contribution < -0.4 is 5.73 Å². The molecule has 9 nitrogen and oxygen atoms in total. The van der Waals surface area contributed by atoms with Gasteiger partial charge in [0, 0.05) is 24.2 Å². The van der Waals surface area contributed by atoms with Gasteiger partial charge in [0.2, 0.25) is 5.91 Å². The summed E-state index contributed by atoms with van der Waals surface area (Å²) >= 11 is 0. The average Bonchev–Trinajstić information content (AvgIpc) is 3.09. The van der Waals surface area contributed by atoms with Crippen LogP contribution in [0.4, 0.5) is 4.79 Å². The van der Waals surface area contributed by atoms with Crippen molar-refractivity contribution >= 4 is 12.0 Å². The van der Waals surface area contributed by atoms with Crippen molar-refractivity contribution in [3.8, 4) is 11.5 Å². The number of nitrogens with two attached hydrogens (primary N) is 1. The number of nitrogens with zero attached hydrogens (tertiary/aromatic N) is 3. The van der Waals surface area contributed by atoms with E-state index in [9.17, 15) is 9.59 Å². The Morgan fingerprint density at radius 2 is 1.96 bits per heavy atom. The molecule has 0 aliphatic carbocycles. The Labute approximate surface area is 143 Å². The van der Waals surface area contributed by atoms with E-state index < -0.39 is 12.0 Å². The highest BCUT2D eigenvalue weighted by Crippen LogP contribution is 2.19. The Kier molecular flexibility index (Phi) is 4.94. The lowest BCUT2D eigenvalue weighted by Gasteiger charge is -2.29. The Morgan fingerprint density at radius 1 is 1.28 bits per heavy atom. The van der Waals surface area contributed by atoms with E-state index in [1.54, 1.807) is 24.3 Å². The topological polar surface area (TPSA) is 132 Å². The van der Waals surface area contributed by atoms with Gasteiger partial charge in [-0.3, -0.25) is 4.79 Å². The fraction of sp³-hybridized carbons (Fsp3) is 0.375. The number of primary amides is 1. The number of aromatic nitrogens is 2. The van der Waals surface area contributed by atoms with Crippen molar-refractivity contribution in [3.63, 3.8) is 0 Å². The highest BCUT2D eigenvalue weighted by Gasteiger charge is 2.23. The quantitative estimate of drug-likeness (QED) is 0.838. The molecule has 1 aromatic carbocycles. The molecule has 2 aromatic rings. The van der Waals surface area contributed by atoms with E-state index in [-0.39, 0.29) is 12.7 Å². The van der Waals surface area contributed by atoms with Gasteiger partial charge in [0.25, 0.3) is 5.89 Å². The van der Waals surface area contributed by atoms with Gasteiger partial charge in [-0.25, -0.2) is 4.79 Å². The molecular formula is C16H18N4O5. The Morgan fingerprint density at radius 3 is 2.56 bits per heavy atom. The van der Waals surface area contributed by atoms with E-state index in [1.807, 2.05) is 0 Å². The third kappa shape index (κ3) is 4.13. The zero-order chi connectivity index (χ0) is 17.8. The highest BCUT2D eigenvalue weighted by atomic mass is 16.5. The molecule has 3 N–H and O–H groups in total. The Bertz CT molecular complexity index is 750. The standard InChI is InChI=1S/C16H18N4O5/c17-14(21)10-1-3-11(4-2-10)15-18-13(19-25-15)9-24-12-5-7-20(8-6-12)16(22)23/h1-4,12H,5-9H2,(H2,17,21)(H,22,23). The second-order valence-corrected chi connectivity index (χ2v) is 5.74. The van der Waals surface area contributed by atoms with Crippen LogP contribution in [0.2, 0.25) is 0 Å². The van der Waals surface area contributed by atoms with E-state index >= 15 is 0 Å². The largest absolute Gasteiger partial charge is 0.465 e. The minimum Gasteiger partial charge on any atom is -0.465 e. The van der Waals surface area contributed by atoms with Crippen LogP contribution in [0.25, 0.3) is 11.5 Å². The molecule has 2 amide bonds. The first-order valence-electron chi connectivity index (χ1n) is 7.85. The number of carbonyl (C=O) groups is 2. The second-order valence-electron chi connectivity index (χ2n) is 5.74. The average molecular weight is 346 g/mol. The number of piperidine rings is 1. The number of likely N-dealkylation sites (tertiary alicyclic amines) is 1. The number of rotatable bonds is 5. The molecule has 0 unspecified atom stereocenters. The monoisotopic (exact) mass is 346 g/mol. The normalized spacial score (nSPS) is 15.3. The van der Waals surface area contributed by atoms with E-state index in [4.69, 9.17) is 20.1 Å². The van der Waals surface area contributed by atoms with Gasteiger partial charge in [-0.2, -0.15) is 4.98 Å². The summed E-state index contributed by atoms with van der Waals surface area (Å²) in [6, 6.07) is 6.54. The summed E-state index contributed by atoms with van der Waals surface area (Å²) in [5, 5.41) is 12.8. The molecule has 3 rings (SSSR count). The van der Waals surface area contributed by atoms with Gasteiger partial charge in [-0.05, 0) is 37.1 Å². The van der Waals surface area contributed by atoms with Crippen LogP contribution in [-0.2, 0) is 11.3 Å². The highest BCUT2D eigenvalue weighted by molar-refractivity contribution is 5.93. The molecule has 1 saturated heterocycles. The van der Waals surface area contributed by atoms with Gasteiger partial charge in [-0.15, -0.1) is 0 Å². The van der Waals surface area contributed by atoms with Crippen LogP contribution in [0.15, 0.2) is 28.8 Å². The Hall–Kier alpha value is -2.94. The smallest absolute Gasteiger partial charge is 0.407 e. The predicted molar refractivity (Wildman–Crippen MR) is 85.7 cm³/mol. The molecule has 0 radical (unpaired) electrons. The van der Waals surface area contributed by atoms with Gasteiger partial charge in [-0.1, -0.05) is 5.16 Å². The molecule has 25 heavy (non-hydrogen) atoms. The van der Waals surface area contributed by atoms with Crippen LogP contribution in [0.5, 0.6) is 0 Å². The molecule has 1 aromatic heterocycles. The molecule has 1 aliphatic rings. The van der Waals surface area contributed by atoms with Crippen molar-refractivity contribution in [2.24, 2.45) is 5.73 Å². The van der Waals surface area contributed by atoms with Crippen molar-refractivity contribution in [1.82, 2.24) is 15.0 Å². The zero-order valence-corrected chi connectivity index (χ0v) is 13.4. The van der Waals surface area contributed by atoms with Crippen LogP contribution in [-0.4, -0.2) is 51.3 Å². The van der Waals surface area contributed by atoms with Gasteiger partial charge >= 0.3 is 6.09 Å².